The van der Waals surface area contributed by atoms with Gasteiger partial charge in [-0.25, -0.2) is 4.98 Å². The Kier molecular flexibility index (Phi) is 10.7. The standard InChI is InChI=1S/C51H73N3O4/c1-34(2)37-17-26-51(54-31-29-50(57)20-9-8-10-21-50)28-27-47(6)39(42(37)51)13-14-41-46(5)22-18-38(45(3,4)40(46)19-23-48(41,47)7)35-15-24-49(25-16-35,44(55)56)33-58-43-36(32-52)12-11-30-53-43/h11-12,15,18,30,37,39-42,54,57H,1,8-10,13-14,16-17,19-29,31,33H2,2-7H3,(H,55,56)/t37-,39+,40-,41+,42+,46-,47+,48+,49-,51-/m0/s1. The molecule has 0 radical (unpaired) electrons. The van der Waals surface area contributed by atoms with Gasteiger partial charge in [0.05, 0.1) is 5.60 Å². The van der Waals surface area contributed by atoms with E-state index in [2.05, 4.69) is 76.6 Å². The van der Waals surface area contributed by atoms with Crippen molar-refractivity contribution < 1.29 is 19.7 Å². The third-order valence-corrected chi connectivity index (χ3v) is 19.3. The lowest BCUT2D eigenvalue weighted by atomic mass is 9.33. The number of nitrogens with zero attached hydrogens (tertiary/aromatic N) is 2. The van der Waals surface area contributed by atoms with E-state index < -0.39 is 17.0 Å². The van der Waals surface area contributed by atoms with Crippen LogP contribution in [-0.2, 0) is 4.79 Å². The third-order valence-electron chi connectivity index (χ3n) is 19.3. The van der Waals surface area contributed by atoms with Gasteiger partial charge in [0.2, 0.25) is 5.88 Å². The Morgan fingerprint density at radius 3 is 2.41 bits per heavy atom. The molecule has 7 nitrogen and oxygen atoms in total. The highest BCUT2D eigenvalue weighted by molar-refractivity contribution is 5.75. The molecule has 0 bridgehead atoms. The highest BCUT2D eigenvalue weighted by atomic mass is 16.5. The van der Waals surface area contributed by atoms with E-state index >= 15 is 0 Å². The Bertz CT molecular complexity index is 1890. The number of allylic oxidation sites excluding steroid dienone is 5. The third kappa shape index (κ3) is 6.47. The lowest BCUT2D eigenvalue weighted by Crippen LogP contribution is -2.68. The fourth-order valence-corrected chi connectivity index (χ4v) is 15.9. The molecule has 3 N–H and O–H groups in total. The van der Waals surface area contributed by atoms with Crippen molar-refractivity contribution in [2.75, 3.05) is 13.2 Å². The summed E-state index contributed by atoms with van der Waals surface area (Å²) in [6.45, 7) is 20.9. The van der Waals surface area contributed by atoms with E-state index in [0.29, 0.717) is 54.4 Å². The molecule has 0 spiro atoms. The molecule has 58 heavy (non-hydrogen) atoms. The zero-order valence-corrected chi connectivity index (χ0v) is 36.7. The van der Waals surface area contributed by atoms with Crippen LogP contribution in [0.25, 0.3) is 0 Å². The van der Waals surface area contributed by atoms with E-state index in [1.54, 1.807) is 18.3 Å². The minimum atomic E-state index is -1.05. The number of rotatable bonds is 10. The first-order valence-electron chi connectivity index (χ1n) is 23.2. The number of nitrogens with one attached hydrogen (secondary N) is 1. The molecule has 5 saturated carbocycles. The van der Waals surface area contributed by atoms with Gasteiger partial charge in [0.25, 0.3) is 0 Å². The van der Waals surface area contributed by atoms with Crippen LogP contribution < -0.4 is 10.1 Å². The van der Waals surface area contributed by atoms with Crippen LogP contribution in [0.5, 0.6) is 5.88 Å². The Hall–Kier alpha value is -2.95. The van der Waals surface area contributed by atoms with Crippen molar-refractivity contribution in [2.45, 2.75) is 168 Å². The lowest BCUT2D eigenvalue weighted by molar-refractivity contribution is -0.221. The molecule has 7 aliphatic rings. The number of hydrogen-bond donors (Lipinski definition) is 3. The number of nitriles is 1. The number of ether oxygens (including phenoxy) is 1. The Morgan fingerprint density at radius 2 is 1.72 bits per heavy atom. The van der Waals surface area contributed by atoms with Gasteiger partial charge < -0.3 is 20.3 Å². The molecule has 316 valence electrons. The fraction of sp³-hybridized carbons (Fsp3) is 0.745. The van der Waals surface area contributed by atoms with Crippen molar-refractivity contribution in [1.82, 2.24) is 10.3 Å². The topological polar surface area (TPSA) is 115 Å². The van der Waals surface area contributed by atoms with Crippen LogP contribution in [0.4, 0.5) is 0 Å². The van der Waals surface area contributed by atoms with E-state index in [1.807, 2.05) is 0 Å². The average molecular weight is 792 g/mol. The van der Waals surface area contributed by atoms with Crippen molar-refractivity contribution >= 4 is 5.97 Å². The van der Waals surface area contributed by atoms with Gasteiger partial charge in [-0.3, -0.25) is 4.79 Å². The maximum atomic E-state index is 12.8. The van der Waals surface area contributed by atoms with Gasteiger partial charge in [0.15, 0.2) is 0 Å². The van der Waals surface area contributed by atoms with Crippen LogP contribution in [0.15, 0.2) is 53.8 Å². The van der Waals surface area contributed by atoms with E-state index in [9.17, 15) is 20.3 Å². The Morgan fingerprint density at radius 1 is 0.948 bits per heavy atom. The summed E-state index contributed by atoms with van der Waals surface area (Å²) in [5.41, 5.74) is 3.81. The number of aliphatic carboxylic acids is 1. The summed E-state index contributed by atoms with van der Waals surface area (Å²) in [4.78, 5) is 17.0. The van der Waals surface area contributed by atoms with E-state index in [4.69, 9.17) is 4.74 Å². The molecule has 10 atom stereocenters. The number of carboxylic acids is 1. The number of aromatic nitrogens is 1. The number of aliphatic hydroxyl groups is 1. The fourth-order valence-electron chi connectivity index (χ4n) is 15.9. The SMILES string of the molecule is C=C(C)[C@@H]1CC[C@]2(NCCC3(O)CCCCC3)CC[C@]3(C)[C@H](CC[C@@H]4[C@@]5(C)CC=C(C6=CC[C@](COc7ncccc7C#N)(C(=O)O)CC6)C(C)(C)[C@@H]5CC[C@]43C)[C@@H]12. The van der Waals surface area contributed by atoms with Crippen LogP contribution in [0.1, 0.15) is 163 Å². The number of hydrogen-bond acceptors (Lipinski definition) is 6. The van der Waals surface area contributed by atoms with Crippen LogP contribution in [0.3, 0.4) is 0 Å². The number of carbonyl (C=O) groups is 1. The van der Waals surface area contributed by atoms with Gasteiger partial charge in [-0.05, 0) is 184 Å². The maximum absolute atomic E-state index is 12.8. The van der Waals surface area contributed by atoms with Crippen LogP contribution >= 0.6 is 0 Å². The van der Waals surface area contributed by atoms with E-state index in [-0.39, 0.29) is 39.7 Å². The van der Waals surface area contributed by atoms with Crippen LogP contribution in [-0.4, -0.2) is 45.5 Å². The maximum Gasteiger partial charge on any atom is 0.313 e. The number of fused-ring (bicyclic) bond motifs is 7. The molecule has 1 heterocycles. The number of carboxylic acid groups (broad SMARTS) is 1. The highest BCUT2D eigenvalue weighted by Crippen LogP contribution is 2.76. The number of pyridine rings is 1. The Labute approximate surface area is 349 Å². The average Bonchev–Trinajstić information content (AvgIpc) is 3.58. The zero-order valence-electron chi connectivity index (χ0n) is 36.7. The molecule has 1 aromatic heterocycles. The molecule has 8 rings (SSSR count). The second-order valence-electron chi connectivity index (χ2n) is 22.1. The second-order valence-corrected chi connectivity index (χ2v) is 22.1. The second kappa shape index (κ2) is 14.9. The molecule has 0 aliphatic heterocycles. The minimum Gasteiger partial charge on any atom is -0.481 e. The van der Waals surface area contributed by atoms with Crippen molar-refractivity contribution in [3.05, 3.63) is 59.3 Å². The predicted molar refractivity (Wildman–Crippen MR) is 230 cm³/mol. The van der Waals surface area contributed by atoms with Crippen LogP contribution in [0.2, 0.25) is 0 Å². The quantitative estimate of drug-likeness (QED) is 0.202. The zero-order chi connectivity index (χ0) is 41.4. The summed E-state index contributed by atoms with van der Waals surface area (Å²) in [5.74, 6) is 2.43. The normalized spacial score (nSPS) is 41.3. The molecule has 5 fully saturated rings. The first-order valence-corrected chi connectivity index (χ1v) is 23.2. The van der Waals surface area contributed by atoms with Gasteiger partial charge in [0, 0.05) is 11.7 Å². The molecule has 0 unspecified atom stereocenters. The first kappa shape index (κ1) is 41.8. The van der Waals surface area contributed by atoms with Gasteiger partial charge >= 0.3 is 5.97 Å². The van der Waals surface area contributed by atoms with Crippen molar-refractivity contribution in [3.8, 4) is 11.9 Å². The van der Waals surface area contributed by atoms with Gasteiger partial charge in [0.1, 0.15) is 23.7 Å². The first-order chi connectivity index (χ1) is 27.5. The summed E-state index contributed by atoms with van der Waals surface area (Å²) in [5, 5.41) is 35.7. The summed E-state index contributed by atoms with van der Waals surface area (Å²) in [6, 6.07) is 5.45. The lowest BCUT2D eigenvalue weighted by Gasteiger charge is -2.72. The van der Waals surface area contributed by atoms with Crippen molar-refractivity contribution in [2.24, 2.45) is 56.7 Å². The molecule has 0 amide bonds. The molecule has 7 aliphatic carbocycles. The Balaban J connectivity index is 1.02. The van der Waals surface area contributed by atoms with E-state index in [0.717, 1.165) is 45.1 Å². The molecule has 0 aromatic carbocycles. The van der Waals surface area contributed by atoms with Crippen molar-refractivity contribution in [1.29, 1.82) is 5.26 Å². The summed E-state index contributed by atoms with van der Waals surface area (Å²) in [6.07, 6.45) is 25.6. The highest BCUT2D eigenvalue weighted by Gasteiger charge is 2.70. The molecule has 7 heteroatoms. The van der Waals surface area contributed by atoms with Gasteiger partial charge in [-0.15, -0.1) is 0 Å². The van der Waals surface area contributed by atoms with Crippen molar-refractivity contribution in [3.63, 3.8) is 0 Å². The molecule has 0 saturated heterocycles. The van der Waals surface area contributed by atoms with Gasteiger partial charge in [-0.1, -0.05) is 78.2 Å². The molecular weight excluding hydrogens is 719 g/mol. The summed E-state index contributed by atoms with van der Waals surface area (Å²) >= 11 is 0. The summed E-state index contributed by atoms with van der Waals surface area (Å²) < 4.78 is 5.96. The monoisotopic (exact) mass is 792 g/mol. The summed E-state index contributed by atoms with van der Waals surface area (Å²) in [7, 11) is 0. The van der Waals surface area contributed by atoms with Crippen LogP contribution in [0, 0.1) is 68.0 Å². The minimum absolute atomic E-state index is 0.00448. The van der Waals surface area contributed by atoms with E-state index in [1.165, 1.54) is 74.5 Å². The smallest absolute Gasteiger partial charge is 0.313 e. The van der Waals surface area contributed by atoms with Gasteiger partial charge in [-0.2, -0.15) is 5.26 Å². The molecular formula is C51H73N3O4. The predicted octanol–water partition coefficient (Wildman–Crippen LogP) is 11.1. The largest absolute Gasteiger partial charge is 0.481 e. The molecule has 1 aromatic rings.